The molecule has 0 saturated carbocycles. The fourth-order valence-corrected chi connectivity index (χ4v) is 1.47. The van der Waals surface area contributed by atoms with E-state index >= 15 is 0 Å². The van der Waals surface area contributed by atoms with Crippen LogP contribution in [0.5, 0.6) is 0 Å². The van der Waals surface area contributed by atoms with E-state index in [4.69, 9.17) is 10.8 Å². The number of halogens is 3. The summed E-state index contributed by atoms with van der Waals surface area (Å²) >= 11 is 0. The molecule has 1 atom stereocenters. The molecule has 1 aromatic rings. The second-order valence-electron chi connectivity index (χ2n) is 4.19. The van der Waals surface area contributed by atoms with Gasteiger partial charge in [-0.1, -0.05) is 13.8 Å². The van der Waals surface area contributed by atoms with Gasteiger partial charge in [0.25, 0.3) is 0 Å². The molecular formula is C9H12F3N3O2. The Kier molecular flexibility index (Phi) is 3.19. The van der Waals surface area contributed by atoms with Crippen LogP contribution in [0.2, 0.25) is 0 Å². The van der Waals surface area contributed by atoms with Gasteiger partial charge in [-0.3, -0.25) is 9.89 Å². The standard InChI is InChI=1S/C9H12F3N3O2/c1-8(2,5(13)7(16)17)4-3-14-15-6(4)9(10,11)12/h3,5H,13H2,1-2H3,(H,14,15)(H,16,17). The van der Waals surface area contributed by atoms with Gasteiger partial charge < -0.3 is 10.8 Å². The molecule has 1 aromatic heterocycles. The average Bonchev–Trinajstić information content (AvgIpc) is 2.64. The number of aromatic nitrogens is 2. The molecule has 8 heteroatoms. The number of nitrogens with two attached hydrogens (primary N) is 1. The van der Waals surface area contributed by atoms with Crippen LogP contribution in [0.25, 0.3) is 0 Å². The average molecular weight is 251 g/mol. The van der Waals surface area contributed by atoms with Crippen LogP contribution in [-0.2, 0) is 16.4 Å². The largest absolute Gasteiger partial charge is 0.480 e. The Morgan fingerprint density at radius 2 is 2.06 bits per heavy atom. The molecule has 0 fully saturated rings. The van der Waals surface area contributed by atoms with Gasteiger partial charge in [0.05, 0.1) is 6.20 Å². The third kappa shape index (κ3) is 2.41. The van der Waals surface area contributed by atoms with E-state index in [2.05, 4.69) is 5.10 Å². The predicted molar refractivity (Wildman–Crippen MR) is 52.2 cm³/mol. The van der Waals surface area contributed by atoms with Crippen molar-refractivity contribution in [3.63, 3.8) is 0 Å². The molecule has 1 rings (SSSR count). The van der Waals surface area contributed by atoms with Crippen LogP contribution in [0.3, 0.4) is 0 Å². The number of carboxylic acids is 1. The first-order chi connectivity index (χ1) is 7.58. The van der Waals surface area contributed by atoms with Crippen molar-refractivity contribution in [2.24, 2.45) is 5.73 Å². The maximum atomic E-state index is 12.6. The van der Waals surface area contributed by atoms with Crippen molar-refractivity contribution in [1.29, 1.82) is 0 Å². The van der Waals surface area contributed by atoms with Crippen molar-refractivity contribution in [2.75, 3.05) is 0 Å². The lowest BCUT2D eigenvalue weighted by molar-refractivity contribution is -0.144. The van der Waals surface area contributed by atoms with Gasteiger partial charge >= 0.3 is 12.1 Å². The zero-order chi connectivity index (χ0) is 13.4. The summed E-state index contributed by atoms with van der Waals surface area (Å²) in [5, 5.41) is 13.9. The summed E-state index contributed by atoms with van der Waals surface area (Å²) in [6.45, 7) is 2.65. The minimum atomic E-state index is -4.62. The zero-order valence-electron chi connectivity index (χ0n) is 9.17. The van der Waals surface area contributed by atoms with E-state index in [0.717, 1.165) is 6.20 Å². The fourth-order valence-electron chi connectivity index (χ4n) is 1.47. The number of H-pyrrole nitrogens is 1. The molecule has 0 saturated heterocycles. The van der Waals surface area contributed by atoms with Crippen LogP contribution in [0, 0.1) is 0 Å². The molecule has 0 aliphatic heterocycles. The van der Waals surface area contributed by atoms with E-state index in [1.165, 1.54) is 13.8 Å². The van der Waals surface area contributed by atoms with Crippen LogP contribution in [-0.4, -0.2) is 27.3 Å². The number of aromatic amines is 1. The normalized spacial score (nSPS) is 14.7. The number of hydrogen-bond acceptors (Lipinski definition) is 3. The molecule has 4 N–H and O–H groups in total. The molecule has 96 valence electrons. The van der Waals surface area contributed by atoms with Crippen molar-refractivity contribution < 1.29 is 23.1 Å². The van der Waals surface area contributed by atoms with E-state index in [9.17, 15) is 18.0 Å². The van der Waals surface area contributed by atoms with Gasteiger partial charge in [0.15, 0.2) is 0 Å². The number of rotatable bonds is 3. The van der Waals surface area contributed by atoms with E-state index < -0.39 is 29.3 Å². The minimum absolute atomic E-state index is 0.264. The van der Waals surface area contributed by atoms with Gasteiger partial charge in [0, 0.05) is 11.0 Å². The van der Waals surface area contributed by atoms with Crippen LogP contribution in [0.1, 0.15) is 25.1 Å². The summed E-state index contributed by atoms with van der Waals surface area (Å²) in [6.07, 6.45) is -3.67. The van der Waals surface area contributed by atoms with Gasteiger partial charge in [-0.25, -0.2) is 0 Å². The molecule has 17 heavy (non-hydrogen) atoms. The molecule has 0 aromatic carbocycles. The summed E-state index contributed by atoms with van der Waals surface area (Å²) in [5.41, 5.74) is 2.67. The molecule has 0 amide bonds. The maximum absolute atomic E-state index is 12.6. The van der Waals surface area contributed by atoms with E-state index in [1.807, 2.05) is 5.10 Å². The number of carboxylic acid groups (broad SMARTS) is 1. The SMILES string of the molecule is CC(C)(c1cn[nH]c1C(F)(F)F)C(N)C(=O)O. The van der Waals surface area contributed by atoms with Crippen molar-refractivity contribution in [2.45, 2.75) is 31.5 Å². The van der Waals surface area contributed by atoms with Crippen molar-refractivity contribution in [1.82, 2.24) is 10.2 Å². The monoisotopic (exact) mass is 251 g/mol. The minimum Gasteiger partial charge on any atom is -0.480 e. The summed E-state index contributed by atoms with van der Waals surface area (Å²) < 4.78 is 37.9. The maximum Gasteiger partial charge on any atom is 0.433 e. The lowest BCUT2D eigenvalue weighted by atomic mass is 9.78. The molecule has 5 nitrogen and oxygen atoms in total. The number of carbonyl (C=O) groups is 1. The topological polar surface area (TPSA) is 92.0 Å². The summed E-state index contributed by atoms with van der Waals surface area (Å²) in [7, 11) is 0. The second kappa shape index (κ2) is 4.02. The van der Waals surface area contributed by atoms with E-state index in [-0.39, 0.29) is 5.56 Å². The highest BCUT2D eigenvalue weighted by Crippen LogP contribution is 2.37. The van der Waals surface area contributed by atoms with Gasteiger partial charge in [0.2, 0.25) is 0 Å². The first kappa shape index (κ1) is 13.5. The van der Waals surface area contributed by atoms with Crippen molar-refractivity contribution in [3.05, 3.63) is 17.5 Å². The van der Waals surface area contributed by atoms with Gasteiger partial charge in [-0.05, 0) is 0 Å². The Hall–Kier alpha value is -1.57. The Morgan fingerprint density at radius 1 is 1.53 bits per heavy atom. The molecule has 1 unspecified atom stereocenters. The Balaban J connectivity index is 3.25. The Bertz CT molecular complexity index is 425. The number of nitrogens with one attached hydrogen (secondary N) is 1. The first-order valence-corrected chi connectivity index (χ1v) is 4.68. The first-order valence-electron chi connectivity index (χ1n) is 4.68. The van der Waals surface area contributed by atoms with Crippen LogP contribution in [0.15, 0.2) is 6.20 Å². The molecule has 0 aliphatic carbocycles. The lowest BCUT2D eigenvalue weighted by Crippen LogP contribution is -2.47. The number of nitrogens with zero attached hydrogens (tertiary/aromatic N) is 1. The third-order valence-electron chi connectivity index (χ3n) is 2.66. The van der Waals surface area contributed by atoms with Crippen LogP contribution >= 0.6 is 0 Å². The van der Waals surface area contributed by atoms with E-state index in [1.54, 1.807) is 0 Å². The Morgan fingerprint density at radius 3 is 2.47 bits per heavy atom. The van der Waals surface area contributed by atoms with Gasteiger partial charge in [0.1, 0.15) is 11.7 Å². The highest BCUT2D eigenvalue weighted by Gasteiger charge is 2.43. The lowest BCUT2D eigenvalue weighted by Gasteiger charge is -2.29. The smallest absolute Gasteiger partial charge is 0.433 e. The van der Waals surface area contributed by atoms with Crippen LogP contribution in [0.4, 0.5) is 13.2 Å². The zero-order valence-corrected chi connectivity index (χ0v) is 9.17. The number of alkyl halides is 3. The number of hydrogen-bond donors (Lipinski definition) is 3. The molecule has 1 heterocycles. The molecule has 0 spiro atoms. The number of aliphatic carboxylic acids is 1. The summed E-state index contributed by atoms with van der Waals surface area (Å²) in [4.78, 5) is 10.8. The second-order valence-corrected chi connectivity index (χ2v) is 4.19. The van der Waals surface area contributed by atoms with Gasteiger partial charge in [-0.2, -0.15) is 18.3 Å². The summed E-state index contributed by atoms with van der Waals surface area (Å²) in [6, 6.07) is -1.46. The van der Waals surface area contributed by atoms with Crippen molar-refractivity contribution in [3.8, 4) is 0 Å². The third-order valence-corrected chi connectivity index (χ3v) is 2.66. The molecular weight excluding hydrogens is 239 g/mol. The quantitative estimate of drug-likeness (QED) is 0.750. The van der Waals surface area contributed by atoms with Crippen molar-refractivity contribution >= 4 is 5.97 Å². The molecule has 0 aliphatic rings. The predicted octanol–water partition coefficient (Wildman–Crippen LogP) is 1.12. The highest BCUT2D eigenvalue weighted by atomic mass is 19.4. The fraction of sp³-hybridized carbons (Fsp3) is 0.556. The Labute approximate surface area is 94.8 Å². The molecule has 0 bridgehead atoms. The van der Waals surface area contributed by atoms with E-state index in [0.29, 0.717) is 0 Å². The highest BCUT2D eigenvalue weighted by molar-refractivity contribution is 5.75. The summed E-state index contributed by atoms with van der Waals surface area (Å²) in [5.74, 6) is -1.37. The molecule has 0 radical (unpaired) electrons. The van der Waals surface area contributed by atoms with Crippen LogP contribution < -0.4 is 5.73 Å². The van der Waals surface area contributed by atoms with Gasteiger partial charge in [-0.15, -0.1) is 0 Å².